The zero-order valence-corrected chi connectivity index (χ0v) is 12.9. The maximum absolute atomic E-state index is 12.5. The number of rotatable bonds is 3. The van der Waals surface area contributed by atoms with Crippen LogP contribution in [0, 0.1) is 0 Å². The third-order valence-electron chi connectivity index (χ3n) is 3.14. The first-order valence-electron chi connectivity index (χ1n) is 5.79. The molecule has 0 spiro atoms. The largest absolute Gasteiger partial charge is 0.303 e. The molecule has 1 unspecified atom stereocenters. The van der Waals surface area contributed by atoms with Gasteiger partial charge in [0.1, 0.15) is 0 Å². The van der Waals surface area contributed by atoms with Crippen molar-refractivity contribution in [3.63, 3.8) is 0 Å². The van der Waals surface area contributed by atoms with Gasteiger partial charge in [-0.15, -0.1) is 22.9 Å². The highest BCUT2D eigenvalue weighted by molar-refractivity contribution is 7.89. The molecule has 0 aliphatic carbocycles. The lowest BCUT2D eigenvalue weighted by Crippen LogP contribution is -2.52. The highest BCUT2D eigenvalue weighted by atomic mass is 35.5. The number of likely N-dealkylation sites (N-methyl/N-ethyl adjacent to an activating group) is 1. The van der Waals surface area contributed by atoms with Crippen molar-refractivity contribution in [1.29, 1.82) is 0 Å². The van der Waals surface area contributed by atoms with Crippen LogP contribution in [-0.2, 0) is 15.9 Å². The predicted octanol–water partition coefficient (Wildman–Crippen LogP) is 1.81. The maximum Gasteiger partial charge on any atom is 0.244 e. The molecule has 1 aliphatic rings. The van der Waals surface area contributed by atoms with Gasteiger partial charge in [-0.05, 0) is 20.0 Å². The van der Waals surface area contributed by atoms with E-state index in [2.05, 4.69) is 4.90 Å². The lowest BCUT2D eigenvalue weighted by Gasteiger charge is -2.36. The van der Waals surface area contributed by atoms with Gasteiger partial charge in [0, 0.05) is 35.9 Å². The summed E-state index contributed by atoms with van der Waals surface area (Å²) in [6.45, 7) is 4.04. The highest BCUT2D eigenvalue weighted by Gasteiger charge is 2.33. The molecule has 0 amide bonds. The highest BCUT2D eigenvalue weighted by Crippen LogP contribution is 2.26. The van der Waals surface area contributed by atoms with Gasteiger partial charge < -0.3 is 4.90 Å². The molecule has 0 N–H and O–H groups in total. The third kappa shape index (κ3) is 2.72. The standard InChI is InChI=1S/C11H17ClN2O2S2/c1-9-7-13(2)3-4-14(9)18(15,16)11-5-10(6-12)17-8-11/h5,8-9H,3-4,6-7H2,1-2H3. The molecule has 1 aromatic rings. The summed E-state index contributed by atoms with van der Waals surface area (Å²) in [5.74, 6) is 0.360. The molecule has 1 fully saturated rings. The van der Waals surface area contributed by atoms with E-state index in [0.29, 0.717) is 17.3 Å². The van der Waals surface area contributed by atoms with Crippen LogP contribution in [0.4, 0.5) is 0 Å². The second-order valence-corrected chi connectivity index (χ2v) is 7.76. The Morgan fingerprint density at radius 3 is 2.78 bits per heavy atom. The SMILES string of the molecule is CC1CN(C)CCN1S(=O)(=O)c1csc(CCl)c1. The number of hydrogen-bond acceptors (Lipinski definition) is 4. The second kappa shape index (κ2) is 5.46. The number of thiophene rings is 1. The molecule has 7 heteroatoms. The Bertz CT molecular complexity index is 515. The molecule has 0 aromatic carbocycles. The first-order valence-corrected chi connectivity index (χ1v) is 8.64. The number of sulfonamides is 1. The maximum atomic E-state index is 12.5. The second-order valence-electron chi connectivity index (χ2n) is 4.61. The average molecular weight is 309 g/mol. The van der Waals surface area contributed by atoms with Gasteiger partial charge in [-0.25, -0.2) is 8.42 Å². The van der Waals surface area contributed by atoms with Crippen molar-refractivity contribution in [2.75, 3.05) is 26.7 Å². The van der Waals surface area contributed by atoms with Crippen molar-refractivity contribution in [2.45, 2.75) is 23.7 Å². The topological polar surface area (TPSA) is 40.6 Å². The Hall–Kier alpha value is -0.140. The summed E-state index contributed by atoms with van der Waals surface area (Å²) in [5, 5.41) is 1.68. The fourth-order valence-corrected chi connectivity index (χ4v) is 5.17. The third-order valence-corrected chi connectivity index (χ3v) is 6.66. The van der Waals surface area contributed by atoms with Crippen molar-refractivity contribution in [2.24, 2.45) is 0 Å². The summed E-state index contributed by atoms with van der Waals surface area (Å²) in [4.78, 5) is 3.41. The summed E-state index contributed by atoms with van der Waals surface area (Å²) >= 11 is 7.11. The summed E-state index contributed by atoms with van der Waals surface area (Å²) in [7, 11) is -1.35. The first kappa shape index (κ1) is 14.3. The van der Waals surface area contributed by atoms with Crippen molar-refractivity contribution >= 4 is 33.0 Å². The van der Waals surface area contributed by atoms with E-state index < -0.39 is 10.0 Å². The lowest BCUT2D eigenvalue weighted by molar-refractivity contribution is 0.170. The molecule has 0 saturated carbocycles. The van der Waals surface area contributed by atoms with Gasteiger partial charge in [-0.2, -0.15) is 4.31 Å². The molecule has 1 aliphatic heterocycles. The Morgan fingerprint density at radius 2 is 2.22 bits per heavy atom. The Labute approximate surface area is 117 Å². The Morgan fingerprint density at radius 1 is 1.50 bits per heavy atom. The molecule has 18 heavy (non-hydrogen) atoms. The quantitative estimate of drug-likeness (QED) is 0.800. The molecular formula is C11H17ClN2O2S2. The fourth-order valence-electron chi connectivity index (χ4n) is 2.18. The van der Waals surface area contributed by atoms with Crippen LogP contribution in [0.15, 0.2) is 16.3 Å². The smallest absolute Gasteiger partial charge is 0.244 e. The summed E-state index contributed by atoms with van der Waals surface area (Å²) in [5.41, 5.74) is 0. The van der Waals surface area contributed by atoms with Crippen LogP contribution in [0.3, 0.4) is 0 Å². The Balaban J connectivity index is 2.25. The molecule has 4 nitrogen and oxygen atoms in total. The van der Waals surface area contributed by atoms with Crippen LogP contribution in [0.2, 0.25) is 0 Å². The number of piperazine rings is 1. The number of halogens is 1. The summed E-state index contributed by atoms with van der Waals surface area (Å²) in [6.07, 6.45) is 0. The van der Waals surface area contributed by atoms with Crippen LogP contribution in [0.5, 0.6) is 0 Å². The number of alkyl halides is 1. The van der Waals surface area contributed by atoms with Gasteiger partial charge in [0.25, 0.3) is 0 Å². The molecule has 1 saturated heterocycles. The summed E-state index contributed by atoms with van der Waals surface area (Å²) in [6, 6.07) is 1.69. The predicted molar refractivity (Wildman–Crippen MR) is 74.7 cm³/mol. The van der Waals surface area contributed by atoms with Gasteiger partial charge in [-0.3, -0.25) is 0 Å². The molecule has 2 heterocycles. The van der Waals surface area contributed by atoms with E-state index in [0.717, 1.165) is 18.0 Å². The van der Waals surface area contributed by atoms with Gasteiger partial charge in [0.05, 0.1) is 10.8 Å². The van der Waals surface area contributed by atoms with E-state index in [9.17, 15) is 8.42 Å². The lowest BCUT2D eigenvalue weighted by atomic mass is 10.2. The van der Waals surface area contributed by atoms with Gasteiger partial charge in [0.15, 0.2) is 0 Å². The van der Waals surface area contributed by atoms with Crippen LogP contribution in [0.1, 0.15) is 11.8 Å². The fraction of sp³-hybridized carbons (Fsp3) is 0.636. The zero-order valence-electron chi connectivity index (χ0n) is 10.5. The van der Waals surface area contributed by atoms with E-state index in [-0.39, 0.29) is 6.04 Å². The minimum atomic E-state index is -3.37. The average Bonchev–Trinajstić information content (AvgIpc) is 2.77. The molecule has 2 rings (SSSR count). The normalized spacial score (nSPS) is 23.4. The molecular weight excluding hydrogens is 292 g/mol. The van der Waals surface area contributed by atoms with Crippen molar-refractivity contribution in [1.82, 2.24) is 9.21 Å². The van der Waals surface area contributed by atoms with Crippen molar-refractivity contribution in [3.8, 4) is 0 Å². The van der Waals surface area contributed by atoms with E-state index >= 15 is 0 Å². The van der Waals surface area contributed by atoms with Crippen molar-refractivity contribution < 1.29 is 8.42 Å². The van der Waals surface area contributed by atoms with Crippen molar-refractivity contribution in [3.05, 3.63) is 16.3 Å². The van der Waals surface area contributed by atoms with Crippen LogP contribution >= 0.6 is 22.9 Å². The summed E-state index contributed by atoms with van der Waals surface area (Å²) < 4.78 is 26.6. The first-order chi connectivity index (χ1) is 8.45. The number of nitrogens with zero attached hydrogens (tertiary/aromatic N) is 2. The minimum Gasteiger partial charge on any atom is -0.303 e. The Kier molecular flexibility index (Phi) is 4.33. The van der Waals surface area contributed by atoms with E-state index in [1.165, 1.54) is 11.3 Å². The van der Waals surface area contributed by atoms with E-state index in [1.54, 1.807) is 15.8 Å². The van der Waals surface area contributed by atoms with E-state index in [1.807, 2.05) is 14.0 Å². The molecule has 1 aromatic heterocycles. The molecule has 1 atom stereocenters. The van der Waals surface area contributed by atoms with Gasteiger partial charge in [-0.1, -0.05) is 0 Å². The van der Waals surface area contributed by atoms with Gasteiger partial charge >= 0.3 is 0 Å². The molecule has 0 bridgehead atoms. The number of hydrogen-bond donors (Lipinski definition) is 0. The van der Waals surface area contributed by atoms with Crippen LogP contribution in [0.25, 0.3) is 0 Å². The minimum absolute atomic E-state index is 0.00750. The van der Waals surface area contributed by atoms with Gasteiger partial charge in [0.2, 0.25) is 10.0 Å². The molecule has 102 valence electrons. The van der Waals surface area contributed by atoms with Crippen LogP contribution in [-0.4, -0.2) is 50.3 Å². The van der Waals surface area contributed by atoms with Crippen LogP contribution < -0.4 is 0 Å². The molecule has 0 radical (unpaired) electrons. The van der Waals surface area contributed by atoms with E-state index in [4.69, 9.17) is 11.6 Å². The monoisotopic (exact) mass is 308 g/mol. The zero-order chi connectivity index (χ0) is 13.3.